The second-order valence-corrected chi connectivity index (χ2v) is 10.4. The van der Waals surface area contributed by atoms with Crippen LogP contribution < -0.4 is 5.32 Å². The third-order valence-electron chi connectivity index (χ3n) is 7.15. The molecule has 1 amide bonds. The van der Waals surface area contributed by atoms with E-state index in [-0.39, 0.29) is 12.0 Å². The van der Waals surface area contributed by atoms with Crippen molar-refractivity contribution in [1.29, 1.82) is 0 Å². The minimum absolute atomic E-state index is 0.215. The number of nitrogens with one attached hydrogen (secondary N) is 1. The van der Waals surface area contributed by atoms with Gasteiger partial charge in [-0.15, -0.1) is 11.3 Å². The third-order valence-corrected chi connectivity index (χ3v) is 8.34. The largest absolute Gasteiger partial charge is 0.365 e. The van der Waals surface area contributed by atoms with E-state index in [0.717, 1.165) is 55.8 Å². The first-order valence-electron chi connectivity index (χ1n) is 11.9. The van der Waals surface area contributed by atoms with Crippen molar-refractivity contribution in [2.75, 3.05) is 18.4 Å². The number of aromatic nitrogens is 4. The number of carbonyl (C=O) groups excluding carboxylic acids is 1. The normalized spacial score (nSPS) is 21.2. The van der Waals surface area contributed by atoms with Gasteiger partial charge in [-0.2, -0.15) is 0 Å². The molecule has 2 fully saturated rings. The van der Waals surface area contributed by atoms with Crippen LogP contribution in [0.2, 0.25) is 0 Å². The summed E-state index contributed by atoms with van der Waals surface area (Å²) in [6, 6.07) is 0.215. The van der Waals surface area contributed by atoms with Gasteiger partial charge >= 0.3 is 0 Å². The molecule has 3 aromatic heterocycles. The topological polar surface area (TPSA) is 83.9 Å². The van der Waals surface area contributed by atoms with Gasteiger partial charge < -0.3 is 10.2 Å². The number of fused-ring (bicyclic) bond motifs is 3. The van der Waals surface area contributed by atoms with E-state index in [4.69, 9.17) is 9.97 Å². The van der Waals surface area contributed by atoms with Crippen LogP contribution in [0.1, 0.15) is 55.4 Å². The summed E-state index contributed by atoms with van der Waals surface area (Å²) in [5.74, 6) is 2.11. The molecule has 4 heterocycles. The molecule has 2 aliphatic carbocycles. The maximum atomic E-state index is 12.9. The molecule has 1 N–H and O–H groups in total. The lowest BCUT2D eigenvalue weighted by Crippen LogP contribution is -2.35. The van der Waals surface area contributed by atoms with Crippen LogP contribution in [0, 0.1) is 5.92 Å². The Hall–Kier alpha value is -2.61. The second kappa shape index (κ2) is 8.39. The molecule has 166 valence electrons. The monoisotopic (exact) mass is 448 g/mol. The zero-order chi connectivity index (χ0) is 21.5. The van der Waals surface area contributed by atoms with E-state index in [9.17, 15) is 4.79 Å². The van der Waals surface area contributed by atoms with Gasteiger partial charge in [0.25, 0.3) is 0 Å². The molecule has 3 aliphatic rings. The number of thiophene rings is 1. The Labute approximate surface area is 191 Å². The molecule has 32 heavy (non-hydrogen) atoms. The standard InChI is InChI=1S/C24H28N6OS/c31-24(15-5-1-2-6-15)30-12-9-16(14-30)27-22-20-17-7-3-4-8-19(17)32-23(20)29-21(28-22)18-13-25-10-11-26-18/h10-11,13,15-16H,1-9,12,14H2,(H,27,28,29). The Kier molecular flexibility index (Phi) is 5.25. The second-order valence-electron chi connectivity index (χ2n) is 9.27. The highest BCUT2D eigenvalue weighted by Crippen LogP contribution is 2.40. The van der Waals surface area contributed by atoms with E-state index in [0.29, 0.717) is 17.4 Å². The fourth-order valence-electron chi connectivity index (χ4n) is 5.49. The number of hydrogen-bond acceptors (Lipinski definition) is 7. The molecule has 1 unspecified atom stereocenters. The fourth-order valence-corrected chi connectivity index (χ4v) is 6.75. The van der Waals surface area contributed by atoms with Crippen molar-refractivity contribution < 1.29 is 4.79 Å². The maximum Gasteiger partial charge on any atom is 0.225 e. The molecule has 1 saturated heterocycles. The van der Waals surface area contributed by atoms with Gasteiger partial charge in [0, 0.05) is 42.3 Å². The van der Waals surface area contributed by atoms with Gasteiger partial charge in [0.2, 0.25) is 5.91 Å². The summed E-state index contributed by atoms with van der Waals surface area (Å²) in [5, 5.41) is 4.90. The smallest absolute Gasteiger partial charge is 0.225 e. The van der Waals surface area contributed by atoms with E-state index < -0.39 is 0 Å². The summed E-state index contributed by atoms with van der Waals surface area (Å²) < 4.78 is 0. The zero-order valence-electron chi connectivity index (χ0n) is 18.2. The Bertz CT molecular complexity index is 1140. The predicted molar refractivity (Wildman–Crippen MR) is 126 cm³/mol. The van der Waals surface area contributed by atoms with E-state index >= 15 is 0 Å². The summed E-state index contributed by atoms with van der Waals surface area (Å²) in [4.78, 5) is 35.9. The molecular weight excluding hydrogens is 420 g/mol. The Morgan fingerprint density at radius 3 is 2.78 bits per heavy atom. The van der Waals surface area contributed by atoms with Gasteiger partial charge in [-0.3, -0.25) is 9.78 Å². The van der Waals surface area contributed by atoms with Crippen LogP contribution in [0.4, 0.5) is 5.82 Å². The van der Waals surface area contributed by atoms with Crippen LogP contribution in [-0.4, -0.2) is 49.9 Å². The van der Waals surface area contributed by atoms with E-state index in [2.05, 4.69) is 20.2 Å². The zero-order valence-corrected chi connectivity index (χ0v) is 19.0. The van der Waals surface area contributed by atoms with Gasteiger partial charge in [0.1, 0.15) is 16.3 Å². The lowest BCUT2D eigenvalue weighted by Gasteiger charge is -2.21. The summed E-state index contributed by atoms with van der Waals surface area (Å²) in [5.41, 5.74) is 2.11. The highest BCUT2D eigenvalue weighted by Gasteiger charge is 2.33. The highest BCUT2D eigenvalue weighted by molar-refractivity contribution is 7.19. The predicted octanol–water partition coefficient (Wildman–Crippen LogP) is 4.23. The third kappa shape index (κ3) is 3.64. The molecule has 0 radical (unpaired) electrons. The molecule has 8 heteroatoms. The van der Waals surface area contributed by atoms with Gasteiger partial charge in [-0.05, 0) is 50.5 Å². The average Bonchev–Trinajstić information content (AvgIpc) is 3.58. The van der Waals surface area contributed by atoms with Crippen LogP contribution >= 0.6 is 11.3 Å². The Morgan fingerprint density at radius 2 is 1.94 bits per heavy atom. The quantitative estimate of drug-likeness (QED) is 0.643. The molecule has 6 rings (SSSR count). The highest BCUT2D eigenvalue weighted by atomic mass is 32.1. The molecule has 0 aromatic carbocycles. The van der Waals surface area contributed by atoms with Gasteiger partial charge in [-0.1, -0.05) is 12.8 Å². The van der Waals surface area contributed by atoms with Gasteiger partial charge in [-0.25, -0.2) is 15.0 Å². The average molecular weight is 449 g/mol. The molecule has 1 aliphatic heterocycles. The van der Waals surface area contributed by atoms with Gasteiger partial charge in [0.05, 0.1) is 11.6 Å². The summed E-state index contributed by atoms with van der Waals surface area (Å²) >= 11 is 1.80. The first-order chi connectivity index (χ1) is 15.8. The summed E-state index contributed by atoms with van der Waals surface area (Å²) in [6.45, 7) is 1.59. The molecule has 3 aromatic rings. The summed E-state index contributed by atoms with van der Waals surface area (Å²) in [7, 11) is 0. The van der Waals surface area contributed by atoms with Crippen LogP contribution in [0.25, 0.3) is 21.7 Å². The number of hydrogen-bond donors (Lipinski definition) is 1. The van der Waals surface area contributed by atoms with Crippen molar-refractivity contribution in [2.24, 2.45) is 5.92 Å². The molecule has 1 saturated carbocycles. The first kappa shape index (κ1) is 20.0. The van der Waals surface area contributed by atoms with Crippen molar-refractivity contribution in [1.82, 2.24) is 24.8 Å². The van der Waals surface area contributed by atoms with Crippen molar-refractivity contribution in [3.63, 3.8) is 0 Å². The fraction of sp³-hybridized carbons (Fsp3) is 0.542. The number of carbonyl (C=O) groups is 1. The van der Waals surface area contributed by atoms with Crippen LogP contribution in [0.5, 0.6) is 0 Å². The van der Waals surface area contributed by atoms with Gasteiger partial charge in [0.15, 0.2) is 5.82 Å². The van der Waals surface area contributed by atoms with E-state index in [1.807, 2.05) is 0 Å². The minimum atomic E-state index is 0.215. The Balaban J connectivity index is 1.32. The summed E-state index contributed by atoms with van der Waals surface area (Å²) in [6.07, 6.45) is 15.2. The van der Waals surface area contributed by atoms with Crippen LogP contribution in [0.3, 0.4) is 0 Å². The van der Waals surface area contributed by atoms with Crippen molar-refractivity contribution in [2.45, 2.75) is 63.8 Å². The SMILES string of the molecule is O=C(C1CCCC1)N1CCC(Nc2nc(-c3cnccn3)nc3sc4c(c23)CCCC4)C1. The first-order valence-corrected chi connectivity index (χ1v) is 12.7. The lowest BCUT2D eigenvalue weighted by atomic mass is 9.97. The number of amides is 1. The lowest BCUT2D eigenvalue weighted by molar-refractivity contribution is -0.134. The minimum Gasteiger partial charge on any atom is -0.365 e. The number of rotatable bonds is 4. The van der Waals surface area contributed by atoms with Crippen molar-refractivity contribution >= 4 is 33.3 Å². The maximum absolute atomic E-state index is 12.9. The van der Waals surface area contributed by atoms with Crippen molar-refractivity contribution in [3.8, 4) is 11.5 Å². The van der Waals surface area contributed by atoms with Crippen molar-refractivity contribution in [3.05, 3.63) is 29.0 Å². The molecule has 0 spiro atoms. The van der Waals surface area contributed by atoms with Crippen LogP contribution in [-0.2, 0) is 17.6 Å². The molecule has 1 atom stereocenters. The molecule has 0 bridgehead atoms. The number of anilines is 1. The Morgan fingerprint density at radius 1 is 1.06 bits per heavy atom. The number of aryl methyl sites for hydroxylation is 2. The van der Waals surface area contributed by atoms with E-state index in [1.54, 1.807) is 29.9 Å². The van der Waals surface area contributed by atoms with Crippen LogP contribution in [0.15, 0.2) is 18.6 Å². The number of nitrogens with zero attached hydrogens (tertiary/aromatic N) is 5. The molecule has 7 nitrogen and oxygen atoms in total. The van der Waals surface area contributed by atoms with E-state index in [1.165, 1.54) is 41.5 Å². The number of likely N-dealkylation sites (tertiary alicyclic amines) is 1. The molecular formula is C24H28N6OS.